The number of hydrogen-bond acceptors (Lipinski definition) is 3. The maximum absolute atomic E-state index is 5.92. The molecule has 94 valence electrons. The summed E-state index contributed by atoms with van der Waals surface area (Å²) in [6, 6.07) is 11.2. The second kappa shape index (κ2) is 5.85. The molecule has 0 amide bonds. The molecule has 1 aromatic heterocycles. The predicted octanol–water partition coefficient (Wildman–Crippen LogP) is 3.33. The quantitative estimate of drug-likeness (QED) is 0.919. The van der Waals surface area contributed by atoms with Crippen molar-refractivity contribution in [3.8, 4) is 5.88 Å². The van der Waals surface area contributed by atoms with Crippen LogP contribution in [0.5, 0.6) is 5.88 Å². The van der Waals surface area contributed by atoms with Gasteiger partial charge in [0, 0.05) is 22.8 Å². The third-order valence-corrected chi connectivity index (χ3v) is 2.79. The van der Waals surface area contributed by atoms with Gasteiger partial charge in [0.15, 0.2) is 0 Å². The molecular weight excluding hydrogens is 248 g/mol. The summed E-state index contributed by atoms with van der Waals surface area (Å²) in [7, 11) is 0. The average molecular weight is 263 g/mol. The van der Waals surface area contributed by atoms with Gasteiger partial charge in [0.1, 0.15) is 6.61 Å². The van der Waals surface area contributed by atoms with Gasteiger partial charge in [-0.2, -0.15) is 0 Å². The van der Waals surface area contributed by atoms with Gasteiger partial charge in [0.25, 0.3) is 0 Å². The first-order chi connectivity index (χ1) is 8.66. The fourth-order valence-electron chi connectivity index (χ4n) is 1.65. The highest BCUT2D eigenvalue weighted by Crippen LogP contribution is 2.21. The van der Waals surface area contributed by atoms with Crippen LogP contribution in [0.15, 0.2) is 42.6 Å². The minimum Gasteiger partial charge on any atom is -0.473 e. The molecule has 0 fully saturated rings. The summed E-state index contributed by atoms with van der Waals surface area (Å²) in [5.41, 5.74) is 7.77. The smallest absolute Gasteiger partial charge is 0.218 e. The molecule has 2 N–H and O–H groups in total. The summed E-state index contributed by atoms with van der Waals surface area (Å²) in [4.78, 5) is 4.20. The molecule has 18 heavy (non-hydrogen) atoms. The Morgan fingerprint density at radius 3 is 2.89 bits per heavy atom. The van der Waals surface area contributed by atoms with Crippen LogP contribution in [0.1, 0.15) is 24.1 Å². The van der Waals surface area contributed by atoms with E-state index >= 15 is 0 Å². The lowest BCUT2D eigenvalue weighted by Gasteiger charge is -2.12. The van der Waals surface area contributed by atoms with E-state index in [9.17, 15) is 0 Å². The number of aromatic nitrogens is 1. The number of nitrogens with two attached hydrogens (primary N) is 1. The molecule has 0 spiro atoms. The summed E-state index contributed by atoms with van der Waals surface area (Å²) >= 11 is 5.92. The molecule has 0 saturated carbocycles. The molecule has 1 atom stereocenters. The molecule has 3 nitrogen and oxygen atoms in total. The van der Waals surface area contributed by atoms with Gasteiger partial charge < -0.3 is 10.5 Å². The molecule has 2 aromatic rings. The fourth-order valence-corrected chi connectivity index (χ4v) is 1.86. The fraction of sp³-hybridized carbons (Fsp3) is 0.214. The van der Waals surface area contributed by atoms with Crippen molar-refractivity contribution in [3.05, 3.63) is 58.7 Å². The van der Waals surface area contributed by atoms with Crippen molar-refractivity contribution in [1.82, 2.24) is 4.98 Å². The van der Waals surface area contributed by atoms with Gasteiger partial charge in [0.05, 0.1) is 0 Å². The summed E-state index contributed by atoms with van der Waals surface area (Å²) in [5, 5.41) is 0.699. The van der Waals surface area contributed by atoms with Gasteiger partial charge in [-0.1, -0.05) is 29.8 Å². The Kier molecular flexibility index (Phi) is 4.18. The number of benzene rings is 1. The first-order valence-electron chi connectivity index (χ1n) is 5.74. The maximum atomic E-state index is 5.92. The Balaban J connectivity index is 2.11. The molecule has 0 aliphatic heterocycles. The SMILES string of the molecule is C[C@H](N)c1cccnc1OCc1cccc(Cl)c1. The van der Waals surface area contributed by atoms with Crippen molar-refractivity contribution in [2.24, 2.45) is 5.73 Å². The molecule has 0 aliphatic carbocycles. The van der Waals surface area contributed by atoms with Gasteiger partial charge in [-0.05, 0) is 30.7 Å². The van der Waals surface area contributed by atoms with Crippen molar-refractivity contribution in [2.45, 2.75) is 19.6 Å². The van der Waals surface area contributed by atoms with E-state index in [4.69, 9.17) is 22.1 Å². The summed E-state index contributed by atoms with van der Waals surface area (Å²) < 4.78 is 5.69. The highest BCUT2D eigenvalue weighted by atomic mass is 35.5. The Bertz CT molecular complexity index is 529. The Morgan fingerprint density at radius 2 is 2.17 bits per heavy atom. The highest BCUT2D eigenvalue weighted by Gasteiger charge is 2.08. The minimum atomic E-state index is -0.104. The van der Waals surface area contributed by atoms with Crippen molar-refractivity contribution < 1.29 is 4.74 Å². The van der Waals surface area contributed by atoms with Crippen LogP contribution in [-0.4, -0.2) is 4.98 Å². The monoisotopic (exact) mass is 262 g/mol. The normalized spacial score (nSPS) is 12.2. The lowest BCUT2D eigenvalue weighted by Crippen LogP contribution is -2.09. The molecule has 4 heteroatoms. The highest BCUT2D eigenvalue weighted by molar-refractivity contribution is 6.30. The van der Waals surface area contributed by atoms with Crippen molar-refractivity contribution >= 4 is 11.6 Å². The molecular formula is C14H15ClN2O. The third-order valence-electron chi connectivity index (χ3n) is 2.56. The van der Waals surface area contributed by atoms with Crippen LogP contribution < -0.4 is 10.5 Å². The number of ether oxygens (including phenoxy) is 1. The van der Waals surface area contributed by atoms with E-state index in [2.05, 4.69) is 4.98 Å². The van der Waals surface area contributed by atoms with E-state index in [0.29, 0.717) is 17.5 Å². The maximum Gasteiger partial charge on any atom is 0.218 e. The summed E-state index contributed by atoms with van der Waals surface area (Å²) in [6.45, 7) is 2.33. The lowest BCUT2D eigenvalue weighted by atomic mass is 10.1. The number of nitrogens with zero attached hydrogens (tertiary/aromatic N) is 1. The largest absolute Gasteiger partial charge is 0.473 e. The summed E-state index contributed by atoms with van der Waals surface area (Å²) in [6.07, 6.45) is 1.69. The first kappa shape index (κ1) is 12.9. The second-order valence-electron chi connectivity index (χ2n) is 4.11. The van der Waals surface area contributed by atoms with Crippen LogP contribution in [0.2, 0.25) is 5.02 Å². The molecule has 1 heterocycles. The molecule has 1 aromatic carbocycles. The Labute approximate surface area is 112 Å². The number of halogens is 1. The standard InChI is InChI=1S/C14H15ClN2O/c1-10(16)13-6-3-7-17-14(13)18-9-11-4-2-5-12(15)8-11/h2-8,10H,9,16H2,1H3/t10-/m0/s1. The van der Waals surface area contributed by atoms with E-state index in [0.717, 1.165) is 11.1 Å². The van der Waals surface area contributed by atoms with Gasteiger partial charge in [-0.3, -0.25) is 0 Å². The Hall–Kier alpha value is -1.58. The van der Waals surface area contributed by atoms with Crippen molar-refractivity contribution in [2.75, 3.05) is 0 Å². The molecule has 0 radical (unpaired) electrons. The van der Waals surface area contributed by atoms with Crippen LogP contribution in [0.3, 0.4) is 0 Å². The van der Waals surface area contributed by atoms with E-state index in [-0.39, 0.29) is 6.04 Å². The van der Waals surface area contributed by atoms with Crippen LogP contribution >= 0.6 is 11.6 Å². The zero-order valence-electron chi connectivity index (χ0n) is 10.1. The third kappa shape index (κ3) is 3.22. The number of rotatable bonds is 4. The second-order valence-corrected chi connectivity index (χ2v) is 4.54. The minimum absolute atomic E-state index is 0.104. The van der Waals surface area contributed by atoms with Gasteiger partial charge in [0.2, 0.25) is 5.88 Å². The lowest BCUT2D eigenvalue weighted by molar-refractivity contribution is 0.289. The molecule has 0 bridgehead atoms. The van der Waals surface area contributed by atoms with Gasteiger partial charge in [-0.15, -0.1) is 0 Å². The van der Waals surface area contributed by atoms with Gasteiger partial charge in [-0.25, -0.2) is 4.98 Å². The van der Waals surface area contributed by atoms with Crippen molar-refractivity contribution in [3.63, 3.8) is 0 Å². The average Bonchev–Trinajstić information content (AvgIpc) is 2.37. The van der Waals surface area contributed by atoms with Gasteiger partial charge >= 0.3 is 0 Å². The zero-order valence-corrected chi connectivity index (χ0v) is 10.9. The molecule has 0 unspecified atom stereocenters. The number of pyridine rings is 1. The first-order valence-corrected chi connectivity index (χ1v) is 6.12. The zero-order chi connectivity index (χ0) is 13.0. The number of hydrogen-bond donors (Lipinski definition) is 1. The Morgan fingerprint density at radius 1 is 1.33 bits per heavy atom. The van der Waals surface area contributed by atoms with E-state index < -0.39 is 0 Å². The van der Waals surface area contributed by atoms with E-state index in [1.165, 1.54) is 0 Å². The van der Waals surface area contributed by atoms with Crippen LogP contribution in [0, 0.1) is 0 Å². The van der Waals surface area contributed by atoms with Crippen molar-refractivity contribution in [1.29, 1.82) is 0 Å². The molecule has 2 rings (SSSR count). The van der Waals surface area contributed by atoms with Crippen LogP contribution in [0.4, 0.5) is 0 Å². The predicted molar refractivity (Wildman–Crippen MR) is 72.6 cm³/mol. The van der Waals surface area contributed by atoms with Crippen LogP contribution in [0.25, 0.3) is 0 Å². The topological polar surface area (TPSA) is 48.1 Å². The molecule has 0 aliphatic rings. The summed E-state index contributed by atoms with van der Waals surface area (Å²) in [5.74, 6) is 0.576. The van der Waals surface area contributed by atoms with Crippen LogP contribution in [-0.2, 0) is 6.61 Å². The van der Waals surface area contributed by atoms with E-state index in [1.807, 2.05) is 43.3 Å². The van der Waals surface area contributed by atoms with E-state index in [1.54, 1.807) is 6.20 Å². The molecule has 0 saturated heterocycles.